The smallest absolute Gasteiger partial charge is 0.475 e. The normalized spacial score (nSPS) is 14.7. The van der Waals surface area contributed by atoms with Gasteiger partial charge in [-0.2, -0.15) is 18.3 Å². The fourth-order valence-electron chi connectivity index (χ4n) is 3.56. The molecule has 0 aliphatic carbocycles. The third kappa shape index (κ3) is 6.57. The zero-order valence-electron chi connectivity index (χ0n) is 18.7. The third-order valence-corrected chi connectivity index (χ3v) is 5.49. The van der Waals surface area contributed by atoms with E-state index in [1.54, 1.807) is 28.9 Å². The van der Waals surface area contributed by atoms with E-state index in [1.165, 1.54) is 0 Å². The number of alkyl halides is 3. The van der Waals surface area contributed by atoms with Crippen molar-refractivity contribution in [2.75, 3.05) is 20.1 Å². The van der Waals surface area contributed by atoms with Crippen molar-refractivity contribution in [2.24, 2.45) is 5.73 Å². The van der Waals surface area contributed by atoms with Gasteiger partial charge in [-0.25, -0.2) is 9.48 Å². The van der Waals surface area contributed by atoms with Crippen LogP contribution in [0.3, 0.4) is 0 Å². The first-order valence-electron chi connectivity index (χ1n) is 10.6. The SMILES string of the molecule is CN1CCC(NC(=O)c2ccc(-n3cc4cccc(C(N)=O)c4n3)cc2)CC1.O=C(O)C(F)(F)F. The fourth-order valence-corrected chi connectivity index (χ4v) is 3.56. The first-order valence-corrected chi connectivity index (χ1v) is 10.6. The molecule has 0 saturated carbocycles. The number of carbonyl (C=O) groups excluding carboxylic acids is 2. The second-order valence-electron chi connectivity index (χ2n) is 8.08. The van der Waals surface area contributed by atoms with Crippen molar-refractivity contribution in [3.63, 3.8) is 0 Å². The van der Waals surface area contributed by atoms with Crippen LogP contribution in [0.5, 0.6) is 0 Å². The van der Waals surface area contributed by atoms with E-state index in [0.29, 0.717) is 16.6 Å². The third-order valence-electron chi connectivity index (χ3n) is 5.49. The highest BCUT2D eigenvalue weighted by molar-refractivity contribution is 6.04. The van der Waals surface area contributed by atoms with Gasteiger partial charge in [0.15, 0.2) is 0 Å². The molecule has 0 bridgehead atoms. The van der Waals surface area contributed by atoms with Crippen molar-refractivity contribution in [2.45, 2.75) is 25.1 Å². The maximum Gasteiger partial charge on any atom is 0.490 e. The van der Waals surface area contributed by atoms with Crippen LogP contribution in [-0.4, -0.2) is 69.9 Å². The summed E-state index contributed by atoms with van der Waals surface area (Å²) in [5.41, 5.74) is 7.82. The maximum atomic E-state index is 12.5. The Hall–Kier alpha value is -3.93. The quantitative estimate of drug-likeness (QED) is 0.514. The Bertz CT molecular complexity index is 1220. The summed E-state index contributed by atoms with van der Waals surface area (Å²) in [7, 11) is 2.10. The van der Waals surface area contributed by atoms with Crippen LogP contribution < -0.4 is 11.1 Å². The number of aromatic nitrogens is 2. The molecular formula is C23H24F3N5O4. The number of carbonyl (C=O) groups is 3. The summed E-state index contributed by atoms with van der Waals surface area (Å²) in [6, 6.07) is 12.8. The molecule has 3 aromatic rings. The Kier molecular flexibility index (Phi) is 7.75. The zero-order chi connectivity index (χ0) is 25.8. The highest BCUT2D eigenvalue weighted by Crippen LogP contribution is 2.20. The molecule has 4 N–H and O–H groups in total. The highest BCUT2D eigenvalue weighted by Gasteiger charge is 2.38. The number of nitrogens with two attached hydrogens (primary N) is 1. The number of piperidine rings is 1. The molecule has 1 saturated heterocycles. The number of primary amides is 1. The van der Waals surface area contributed by atoms with E-state index in [0.717, 1.165) is 37.0 Å². The monoisotopic (exact) mass is 491 g/mol. The summed E-state index contributed by atoms with van der Waals surface area (Å²) < 4.78 is 33.4. The Balaban J connectivity index is 0.000000429. The minimum absolute atomic E-state index is 0.0530. The van der Waals surface area contributed by atoms with Crippen molar-refractivity contribution in [3.8, 4) is 5.69 Å². The van der Waals surface area contributed by atoms with Gasteiger partial charge in [0.05, 0.1) is 11.3 Å². The number of hydrogen-bond acceptors (Lipinski definition) is 5. The lowest BCUT2D eigenvalue weighted by atomic mass is 10.0. The lowest BCUT2D eigenvalue weighted by molar-refractivity contribution is -0.192. The van der Waals surface area contributed by atoms with E-state index >= 15 is 0 Å². The van der Waals surface area contributed by atoms with E-state index in [2.05, 4.69) is 22.4 Å². The van der Waals surface area contributed by atoms with Crippen LogP contribution in [0, 0.1) is 0 Å². The number of amides is 2. The largest absolute Gasteiger partial charge is 0.490 e. The average Bonchev–Trinajstić information content (AvgIpc) is 3.25. The van der Waals surface area contributed by atoms with Crippen LogP contribution in [-0.2, 0) is 4.79 Å². The summed E-state index contributed by atoms with van der Waals surface area (Å²) in [5, 5.41) is 15.6. The van der Waals surface area contributed by atoms with Gasteiger partial charge in [0.1, 0.15) is 5.52 Å². The number of hydrogen-bond donors (Lipinski definition) is 3. The standard InChI is InChI=1S/C21H23N5O2.C2HF3O2/c1-25-11-9-16(10-12-25)23-21(28)14-5-7-17(8-6-14)26-13-15-3-2-4-18(20(22)27)19(15)24-26;3-2(4,5)1(6)7/h2-8,13,16H,9-12H2,1H3,(H2,22,27)(H,23,28);(H,6,7). The van der Waals surface area contributed by atoms with E-state index in [-0.39, 0.29) is 11.9 Å². The highest BCUT2D eigenvalue weighted by atomic mass is 19.4. The van der Waals surface area contributed by atoms with E-state index < -0.39 is 18.1 Å². The second kappa shape index (κ2) is 10.6. The van der Waals surface area contributed by atoms with Gasteiger partial charge >= 0.3 is 12.1 Å². The summed E-state index contributed by atoms with van der Waals surface area (Å²) >= 11 is 0. The molecule has 2 aromatic carbocycles. The number of nitrogens with zero attached hydrogens (tertiary/aromatic N) is 3. The number of likely N-dealkylation sites (tertiary alicyclic amines) is 1. The molecule has 35 heavy (non-hydrogen) atoms. The van der Waals surface area contributed by atoms with Crippen LogP contribution in [0.25, 0.3) is 16.6 Å². The Morgan fingerprint density at radius 1 is 1.09 bits per heavy atom. The van der Waals surface area contributed by atoms with Crippen molar-refractivity contribution in [3.05, 3.63) is 59.8 Å². The van der Waals surface area contributed by atoms with Gasteiger partial charge < -0.3 is 21.1 Å². The van der Waals surface area contributed by atoms with Crippen LogP contribution in [0.1, 0.15) is 33.6 Å². The van der Waals surface area contributed by atoms with Gasteiger partial charge in [-0.1, -0.05) is 12.1 Å². The fraction of sp³-hybridized carbons (Fsp3) is 0.304. The summed E-state index contributed by atoms with van der Waals surface area (Å²) in [4.78, 5) is 35.3. The Morgan fingerprint density at radius 3 is 2.23 bits per heavy atom. The molecule has 1 aromatic heterocycles. The molecule has 2 amide bonds. The molecule has 4 rings (SSSR count). The van der Waals surface area contributed by atoms with Crippen molar-refractivity contribution >= 4 is 28.7 Å². The lowest BCUT2D eigenvalue weighted by Crippen LogP contribution is -2.43. The number of fused-ring (bicyclic) bond motifs is 1. The molecule has 186 valence electrons. The molecule has 0 spiro atoms. The van der Waals surface area contributed by atoms with Crippen LogP contribution in [0.15, 0.2) is 48.7 Å². The van der Waals surface area contributed by atoms with Gasteiger partial charge in [0.2, 0.25) is 0 Å². The molecule has 9 nitrogen and oxygen atoms in total. The predicted molar refractivity (Wildman–Crippen MR) is 121 cm³/mol. The average molecular weight is 491 g/mol. The topological polar surface area (TPSA) is 131 Å². The van der Waals surface area contributed by atoms with Gasteiger partial charge in [0, 0.05) is 23.2 Å². The number of aliphatic carboxylic acids is 1. The number of carboxylic acids is 1. The zero-order valence-corrected chi connectivity index (χ0v) is 18.7. The molecule has 1 aliphatic heterocycles. The molecule has 12 heteroatoms. The van der Waals surface area contributed by atoms with Gasteiger partial charge in [-0.3, -0.25) is 9.59 Å². The number of halogens is 3. The van der Waals surface area contributed by atoms with Crippen LogP contribution in [0.2, 0.25) is 0 Å². The molecule has 2 heterocycles. The van der Waals surface area contributed by atoms with Crippen molar-refractivity contribution < 1.29 is 32.7 Å². The van der Waals surface area contributed by atoms with Crippen LogP contribution >= 0.6 is 0 Å². The maximum absolute atomic E-state index is 12.5. The van der Waals surface area contributed by atoms with E-state index in [4.69, 9.17) is 15.6 Å². The van der Waals surface area contributed by atoms with Crippen molar-refractivity contribution in [1.29, 1.82) is 0 Å². The van der Waals surface area contributed by atoms with E-state index in [9.17, 15) is 22.8 Å². The van der Waals surface area contributed by atoms with Crippen molar-refractivity contribution in [1.82, 2.24) is 20.0 Å². The number of rotatable bonds is 4. The first kappa shape index (κ1) is 25.7. The molecule has 0 radical (unpaired) electrons. The number of nitrogens with one attached hydrogen (secondary N) is 1. The van der Waals surface area contributed by atoms with E-state index in [1.807, 2.05) is 24.4 Å². The molecule has 0 atom stereocenters. The Morgan fingerprint density at radius 2 is 1.69 bits per heavy atom. The number of benzene rings is 2. The van der Waals surface area contributed by atoms with Gasteiger partial charge in [-0.05, 0) is 63.3 Å². The molecule has 1 aliphatic rings. The number of carboxylic acid groups (broad SMARTS) is 1. The minimum atomic E-state index is -5.08. The van der Waals surface area contributed by atoms with Gasteiger partial charge in [0.25, 0.3) is 11.8 Å². The predicted octanol–water partition coefficient (Wildman–Crippen LogP) is 2.58. The molecule has 1 fully saturated rings. The molecular weight excluding hydrogens is 467 g/mol. The second-order valence-corrected chi connectivity index (χ2v) is 8.08. The lowest BCUT2D eigenvalue weighted by Gasteiger charge is -2.29. The summed E-state index contributed by atoms with van der Waals surface area (Å²) in [6.07, 6.45) is -1.29. The Labute approximate surface area is 198 Å². The minimum Gasteiger partial charge on any atom is -0.475 e. The van der Waals surface area contributed by atoms with Gasteiger partial charge in [-0.15, -0.1) is 0 Å². The first-order chi connectivity index (χ1) is 16.5. The summed E-state index contributed by atoms with van der Waals surface area (Å²) in [6.45, 7) is 2.01. The van der Waals surface area contributed by atoms with Crippen LogP contribution in [0.4, 0.5) is 13.2 Å². The summed E-state index contributed by atoms with van der Waals surface area (Å²) in [5.74, 6) is -3.31. The molecule has 0 unspecified atom stereocenters.